The standard InChI is InChI=1S/C16H33NO2/c1-14-11-15(13-16(2,3)12-14)19-9-6-5-7-17-8-10-18-4/h14-15,17H,5-13H2,1-4H3. The minimum Gasteiger partial charge on any atom is -0.383 e. The highest BCUT2D eigenvalue weighted by Gasteiger charge is 2.32. The average Bonchev–Trinajstić information content (AvgIpc) is 2.30. The van der Waals surface area contributed by atoms with Crippen LogP contribution in [0.4, 0.5) is 0 Å². The summed E-state index contributed by atoms with van der Waals surface area (Å²) in [4.78, 5) is 0. The Morgan fingerprint density at radius 2 is 1.89 bits per heavy atom. The number of nitrogens with one attached hydrogen (secondary N) is 1. The van der Waals surface area contributed by atoms with Gasteiger partial charge in [0.2, 0.25) is 0 Å². The second kappa shape index (κ2) is 8.93. The summed E-state index contributed by atoms with van der Waals surface area (Å²) < 4.78 is 11.1. The molecule has 0 aliphatic heterocycles. The van der Waals surface area contributed by atoms with Crippen LogP contribution in [0.5, 0.6) is 0 Å². The summed E-state index contributed by atoms with van der Waals surface area (Å²) in [5.74, 6) is 0.810. The first-order chi connectivity index (χ1) is 9.03. The Kier molecular flexibility index (Phi) is 7.96. The highest BCUT2D eigenvalue weighted by molar-refractivity contribution is 4.83. The number of hydrogen-bond acceptors (Lipinski definition) is 3. The van der Waals surface area contributed by atoms with Gasteiger partial charge in [-0.1, -0.05) is 20.8 Å². The molecule has 0 aromatic carbocycles. The van der Waals surface area contributed by atoms with Gasteiger partial charge in [-0.2, -0.15) is 0 Å². The van der Waals surface area contributed by atoms with Crippen LogP contribution < -0.4 is 5.32 Å². The fourth-order valence-electron chi connectivity index (χ4n) is 3.29. The molecule has 1 fully saturated rings. The van der Waals surface area contributed by atoms with Gasteiger partial charge in [0.25, 0.3) is 0 Å². The average molecular weight is 271 g/mol. The number of hydrogen-bond donors (Lipinski definition) is 1. The zero-order chi connectivity index (χ0) is 14.1. The zero-order valence-electron chi connectivity index (χ0n) is 13.3. The molecule has 2 unspecified atom stereocenters. The van der Waals surface area contributed by atoms with Crippen molar-refractivity contribution in [2.24, 2.45) is 11.3 Å². The van der Waals surface area contributed by atoms with Gasteiger partial charge in [-0.3, -0.25) is 0 Å². The maximum atomic E-state index is 6.06. The van der Waals surface area contributed by atoms with Gasteiger partial charge in [0.15, 0.2) is 0 Å². The van der Waals surface area contributed by atoms with Crippen LogP contribution in [0.1, 0.15) is 52.9 Å². The minimum absolute atomic E-state index is 0.462. The molecular formula is C16H33NO2. The van der Waals surface area contributed by atoms with Gasteiger partial charge < -0.3 is 14.8 Å². The highest BCUT2D eigenvalue weighted by atomic mass is 16.5. The van der Waals surface area contributed by atoms with Gasteiger partial charge in [-0.05, 0) is 50.0 Å². The Hall–Kier alpha value is -0.120. The molecule has 1 N–H and O–H groups in total. The fourth-order valence-corrected chi connectivity index (χ4v) is 3.29. The van der Waals surface area contributed by atoms with Gasteiger partial charge in [-0.15, -0.1) is 0 Å². The molecule has 0 spiro atoms. The van der Waals surface area contributed by atoms with Crippen LogP contribution in [0.25, 0.3) is 0 Å². The first-order valence-electron chi connectivity index (χ1n) is 7.85. The molecule has 19 heavy (non-hydrogen) atoms. The summed E-state index contributed by atoms with van der Waals surface area (Å²) in [5.41, 5.74) is 0.462. The Labute approximate surface area is 119 Å². The molecule has 1 saturated carbocycles. The van der Waals surface area contributed by atoms with E-state index in [0.717, 1.165) is 38.6 Å². The van der Waals surface area contributed by atoms with Gasteiger partial charge >= 0.3 is 0 Å². The molecule has 1 aliphatic rings. The second-order valence-corrected chi connectivity index (χ2v) is 6.86. The first-order valence-corrected chi connectivity index (χ1v) is 7.85. The van der Waals surface area contributed by atoms with E-state index in [2.05, 4.69) is 26.1 Å². The van der Waals surface area contributed by atoms with E-state index in [9.17, 15) is 0 Å². The van der Waals surface area contributed by atoms with E-state index in [4.69, 9.17) is 9.47 Å². The zero-order valence-corrected chi connectivity index (χ0v) is 13.3. The van der Waals surface area contributed by atoms with Crippen LogP contribution >= 0.6 is 0 Å². The van der Waals surface area contributed by atoms with Gasteiger partial charge in [-0.25, -0.2) is 0 Å². The largest absolute Gasteiger partial charge is 0.383 e. The molecule has 0 radical (unpaired) electrons. The molecule has 0 aromatic rings. The summed E-state index contributed by atoms with van der Waals surface area (Å²) in [6.07, 6.45) is 6.65. The molecule has 0 heterocycles. The third kappa shape index (κ3) is 7.91. The van der Waals surface area contributed by atoms with Crippen LogP contribution in [0.15, 0.2) is 0 Å². The van der Waals surface area contributed by atoms with Crippen molar-refractivity contribution in [1.29, 1.82) is 0 Å². The number of unbranched alkanes of at least 4 members (excludes halogenated alkanes) is 1. The molecule has 1 aliphatic carbocycles. The second-order valence-electron chi connectivity index (χ2n) is 6.86. The minimum atomic E-state index is 0.462. The first kappa shape index (κ1) is 16.9. The molecule has 1 rings (SSSR count). The summed E-state index contributed by atoms with van der Waals surface area (Å²) in [6.45, 7) is 10.8. The van der Waals surface area contributed by atoms with Crippen LogP contribution in [0.2, 0.25) is 0 Å². The lowest BCUT2D eigenvalue weighted by Crippen LogP contribution is -2.32. The normalized spacial score (nSPS) is 26.5. The van der Waals surface area contributed by atoms with Crippen molar-refractivity contribution in [2.45, 2.75) is 59.0 Å². The van der Waals surface area contributed by atoms with Gasteiger partial charge in [0.05, 0.1) is 12.7 Å². The quantitative estimate of drug-likeness (QED) is 0.653. The van der Waals surface area contributed by atoms with E-state index in [1.165, 1.54) is 25.7 Å². The van der Waals surface area contributed by atoms with E-state index < -0.39 is 0 Å². The van der Waals surface area contributed by atoms with E-state index in [1.807, 2.05) is 0 Å². The SMILES string of the molecule is COCCNCCCCOC1CC(C)CC(C)(C)C1. The third-order valence-corrected chi connectivity index (χ3v) is 3.93. The van der Waals surface area contributed by atoms with E-state index in [1.54, 1.807) is 7.11 Å². The summed E-state index contributed by atoms with van der Waals surface area (Å²) in [5, 5.41) is 3.36. The monoisotopic (exact) mass is 271 g/mol. The molecule has 3 nitrogen and oxygen atoms in total. The van der Waals surface area contributed by atoms with Crippen molar-refractivity contribution < 1.29 is 9.47 Å². The van der Waals surface area contributed by atoms with Gasteiger partial charge in [0, 0.05) is 20.3 Å². The Bertz CT molecular complexity index is 231. The number of methoxy groups -OCH3 is 1. The number of ether oxygens (including phenoxy) is 2. The van der Waals surface area contributed by atoms with Crippen LogP contribution in [-0.4, -0.2) is 39.5 Å². The van der Waals surface area contributed by atoms with Crippen molar-refractivity contribution in [3.63, 3.8) is 0 Å². The predicted octanol–water partition coefficient (Wildman–Crippen LogP) is 3.23. The van der Waals surface area contributed by atoms with Gasteiger partial charge in [0.1, 0.15) is 0 Å². The van der Waals surface area contributed by atoms with Crippen LogP contribution in [0.3, 0.4) is 0 Å². The smallest absolute Gasteiger partial charge is 0.0587 e. The Morgan fingerprint density at radius 1 is 1.11 bits per heavy atom. The Morgan fingerprint density at radius 3 is 2.58 bits per heavy atom. The molecule has 114 valence electrons. The van der Waals surface area contributed by atoms with Crippen molar-refractivity contribution in [2.75, 3.05) is 33.4 Å². The van der Waals surface area contributed by atoms with Crippen LogP contribution in [0, 0.1) is 11.3 Å². The Balaban J connectivity index is 2.00. The highest BCUT2D eigenvalue weighted by Crippen LogP contribution is 2.39. The van der Waals surface area contributed by atoms with Crippen molar-refractivity contribution >= 4 is 0 Å². The summed E-state index contributed by atoms with van der Waals surface area (Å²) in [7, 11) is 1.74. The lowest BCUT2D eigenvalue weighted by atomic mass is 9.71. The maximum absolute atomic E-state index is 6.06. The van der Waals surface area contributed by atoms with E-state index in [0.29, 0.717) is 11.5 Å². The summed E-state index contributed by atoms with van der Waals surface area (Å²) >= 11 is 0. The molecule has 0 aromatic heterocycles. The number of rotatable bonds is 9. The lowest BCUT2D eigenvalue weighted by molar-refractivity contribution is -0.0239. The van der Waals surface area contributed by atoms with Crippen LogP contribution in [-0.2, 0) is 9.47 Å². The maximum Gasteiger partial charge on any atom is 0.0587 e. The third-order valence-electron chi connectivity index (χ3n) is 3.93. The molecular weight excluding hydrogens is 238 g/mol. The molecule has 3 heteroatoms. The predicted molar refractivity (Wildman–Crippen MR) is 80.5 cm³/mol. The van der Waals surface area contributed by atoms with Crippen molar-refractivity contribution in [1.82, 2.24) is 5.32 Å². The van der Waals surface area contributed by atoms with E-state index in [-0.39, 0.29) is 0 Å². The van der Waals surface area contributed by atoms with Crippen molar-refractivity contribution in [3.05, 3.63) is 0 Å². The molecule has 0 bridgehead atoms. The molecule has 0 amide bonds. The summed E-state index contributed by atoms with van der Waals surface area (Å²) in [6, 6.07) is 0. The van der Waals surface area contributed by atoms with Crippen molar-refractivity contribution in [3.8, 4) is 0 Å². The lowest BCUT2D eigenvalue weighted by Gasteiger charge is -2.38. The molecule has 0 saturated heterocycles. The molecule has 2 atom stereocenters. The van der Waals surface area contributed by atoms with E-state index >= 15 is 0 Å². The topological polar surface area (TPSA) is 30.5 Å². The fraction of sp³-hybridized carbons (Fsp3) is 1.00.